The molecule has 0 aliphatic carbocycles. The normalized spacial score (nSPS) is 10.6. The largest absolute Gasteiger partial charge is 0.496 e. The summed E-state index contributed by atoms with van der Waals surface area (Å²) < 4.78 is 5.26. The fourth-order valence-corrected chi connectivity index (χ4v) is 1.99. The van der Waals surface area contributed by atoms with Gasteiger partial charge in [-0.25, -0.2) is 0 Å². The van der Waals surface area contributed by atoms with Gasteiger partial charge in [0.05, 0.1) is 7.11 Å². The quantitative estimate of drug-likeness (QED) is 0.619. The third-order valence-electron chi connectivity index (χ3n) is 3.22. The molecule has 0 spiro atoms. The highest BCUT2D eigenvalue weighted by molar-refractivity contribution is 6.07. The molecule has 2 rings (SSSR count). The highest BCUT2D eigenvalue weighted by Gasteiger charge is 2.03. The Kier molecular flexibility index (Phi) is 4.77. The Labute approximate surface area is 125 Å². The van der Waals surface area contributed by atoms with Crippen molar-refractivity contribution in [2.75, 3.05) is 26.1 Å². The third kappa shape index (κ3) is 3.72. The molecule has 0 bridgehead atoms. The molecule has 0 heterocycles. The molecule has 21 heavy (non-hydrogen) atoms. The molecule has 0 aliphatic heterocycles. The molecule has 0 radical (unpaired) electrons. The number of allylic oxidation sites excluding steroid dienone is 1. The van der Waals surface area contributed by atoms with Gasteiger partial charge in [0.2, 0.25) is 0 Å². The molecule has 0 unspecified atom stereocenters. The molecule has 0 saturated carbocycles. The van der Waals surface area contributed by atoms with E-state index in [2.05, 4.69) is 0 Å². The number of para-hydroxylation sites is 1. The Hall–Kier alpha value is -2.55. The highest BCUT2D eigenvalue weighted by Crippen LogP contribution is 2.19. The number of rotatable bonds is 5. The van der Waals surface area contributed by atoms with E-state index in [0.717, 1.165) is 17.0 Å². The second-order valence-electron chi connectivity index (χ2n) is 4.88. The third-order valence-corrected chi connectivity index (χ3v) is 3.22. The average molecular weight is 281 g/mol. The van der Waals surface area contributed by atoms with Crippen molar-refractivity contribution in [1.82, 2.24) is 0 Å². The lowest BCUT2D eigenvalue weighted by atomic mass is 10.1. The number of ketones is 1. The predicted octanol–water partition coefficient (Wildman–Crippen LogP) is 3.66. The average Bonchev–Trinajstić information content (AvgIpc) is 2.52. The van der Waals surface area contributed by atoms with Crippen molar-refractivity contribution in [3.05, 3.63) is 65.7 Å². The lowest BCUT2D eigenvalue weighted by molar-refractivity contribution is 0.104. The van der Waals surface area contributed by atoms with Crippen molar-refractivity contribution in [1.29, 1.82) is 0 Å². The van der Waals surface area contributed by atoms with Gasteiger partial charge in [0, 0.05) is 30.9 Å². The van der Waals surface area contributed by atoms with Crippen LogP contribution < -0.4 is 9.64 Å². The molecule has 3 heteroatoms. The fourth-order valence-electron chi connectivity index (χ4n) is 1.99. The molecule has 0 aromatic heterocycles. The van der Waals surface area contributed by atoms with Crippen LogP contribution in [-0.2, 0) is 0 Å². The minimum absolute atomic E-state index is 0.0220. The lowest BCUT2D eigenvalue weighted by Crippen LogP contribution is -2.08. The fraction of sp³-hybridized carbons (Fsp3) is 0.167. The van der Waals surface area contributed by atoms with Crippen molar-refractivity contribution < 1.29 is 9.53 Å². The molecule has 0 aliphatic rings. The van der Waals surface area contributed by atoms with E-state index in [1.165, 1.54) is 0 Å². The van der Waals surface area contributed by atoms with E-state index >= 15 is 0 Å². The van der Waals surface area contributed by atoms with Crippen LogP contribution in [0.2, 0.25) is 0 Å². The van der Waals surface area contributed by atoms with Gasteiger partial charge in [0.25, 0.3) is 0 Å². The number of carbonyl (C=O) groups excluding carboxylic acids is 1. The van der Waals surface area contributed by atoms with Crippen LogP contribution in [-0.4, -0.2) is 27.0 Å². The number of hydrogen-bond acceptors (Lipinski definition) is 3. The van der Waals surface area contributed by atoms with Crippen LogP contribution in [0.5, 0.6) is 5.75 Å². The summed E-state index contributed by atoms with van der Waals surface area (Å²) >= 11 is 0. The number of ether oxygens (including phenoxy) is 1. The maximum Gasteiger partial charge on any atom is 0.185 e. The highest BCUT2D eigenvalue weighted by atomic mass is 16.5. The van der Waals surface area contributed by atoms with Crippen molar-refractivity contribution in [2.45, 2.75) is 0 Å². The van der Waals surface area contributed by atoms with Crippen LogP contribution in [0.4, 0.5) is 5.69 Å². The van der Waals surface area contributed by atoms with Gasteiger partial charge >= 0.3 is 0 Å². The number of hydrogen-bond donors (Lipinski definition) is 0. The van der Waals surface area contributed by atoms with Gasteiger partial charge in [-0.05, 0) is 42.5 Å². The van der Waals surface area contributed by atoms with E-state index in [1.807, 2.05) is 67.5 Å². The molecule has 0 N–H and O–H groups in total. The number of carbonyl (C=O) groups is 1. The molecular weight excluding hydrogens is 262 g/mol. The van der Waals surface area contributed by atoms with Crippen LogP contribution in [0.3, 0.4) is 0 Å². The Balaban J connectivity index is 2.15. The van der Waals surface area contributed by atoms with E-state index < -0.39 is 0 Å². The zero-order valence-electron chi connectivity index (χ0n) is 12.5. The summed E-state index contributed by atoms with van der Waals surface area (Å²) in [5.41, 5.74) is 2.63. The SMILES string of the molecule is COc1ccccc1C=CC(=O)c1ccc(N(C)C)cc1. The second-order valence-corrected chi connectivity index (χ2v) is 4.88. The first-order valence-electron chi connectivity index (χ1n) is 6.74. The van der Waals surface area contributed by atoms with Crippen LogP contribution in [0, 0.1) is 0 Å². The topological polar surface area (TPSA) is 29.5 Å². The van der Waals surface area contributed by atoms with E-state index in [0.29, 0.717) is 5.56 Å². The molecule has 108 valence electrons. The minimum Gasteiger partial charge on any atom is -0.496 e. The number of methoxy groups -OCH3 is 1. The summed E-state index contributed by atoms with van der Waals surface area (Å²) in [4.78, 5) is 14.2. The molecule has 0 fully saturated rings. The second kappa shape index (κ2) is 6.75. The first-order valence-corrected chi connectivity index (χ1v) is 6.74. The van der Waals surface area contributed by atoms with Crippen LogP contribution in [0.25, 0.3) is 6.08 Å². The van der Waals surface area contributed by atoms with Crippen molar-refractivity contribution in [2.24, 2.45) is 0 Å². The van der Waals surface area contributed by atoms with Gasteiger partial charge in [0.15, 0.2) is 5.78 Å². The number of nitrogens with zero attached hydrogens (tertiary/aromatic N) is 1. The summed E-state index contributed by atoms with van der Waals surface area (Å²) in [5.74, 6) is 0.732. The Morgan fingerprint density at radius 3 is 2.33 bits per heavy atom. The zero-order chi connectivity index (χ0) is 15.2. The van der Waals surface area contributed by atoms with Gasteiger partial charge in [-0.1, -0.05) is 18.2 Å². The molecule has 0 saturated heterocycles. The summed E-state index contributed by atoms with van der Waals surface area (Å²) in [6.07, 6.45) is 3.35. The van der Waals surface area contributed by atoms with E-state index in [4.69, 9.17) is 4.74 Å². The summed E-state index contributed by atoms with van der Waals surface area (Å²) in [5, 5.41) is 0. The van der Waals surface area contributed by atoms with Crippen LogP contribution >= 0.6 is 0 Å². The molecule has 0 atom stereocenters. The molecule has 0 amide bonds. The first kappa shape index (κ1) is 14.9. The maximum atomic E-state index is 12.2. The van der Waals surface area contributed by atoms with Crippen LogP contribution in [0.1, 0.15) is 15.9 Å². The molecular formula is C18H19NO2. The zero-order valence-corrected chi connectivity index (χ0v) is 12.5. The Morgan fingerprint density at radius 1 is 1.05 bits per heavy atom. The van der Waals surface area contributed by atoms with Crippen molar-refractivity contribution >= 4 is 17.5 Å². The van der Waals surface area contributed by atoms with Crippen molar-refractivity contribution in [3.8, 4) is 5.75 Å². The number of benzene rings is 2. The Bertz CT molecular complexity index is 643. The predicted molar refractivity (Wildman–Crippen MR) is 87.1 cm³/mol. The van der Waals surface area contributed by atoms with Crippen molar-refractivity contribution in [3.63, 3.8) is 0 Å². The standard InChI is InChI=1S/C18H19NO2/c1-19(2)16-11-8-14(9-12-16)17(20)13-10-15-6-4-5-7-18(15)21-3/h4-13H,1-3H3. The number of anilines is 1. The van der Waals surface area contributed by atoms with Gasteiger partial charge in [-0.15, -0.1) is 0 Å². The van der Waals surface area contributed by atoms with E-state index in [9.17, 15) is 4.79 Å². The minimum atomic E-state index is -0.0220. The lowest BCUT2D eigenvalue weighted by Gasteiger charge is -2.11. The molecule has 3 nitrogen and oxygen atoms in total. The van der Waals surface area contributed by atoms with E-state index in [-0.39, 0.29) is 5.78 Å². The summed E-state index contributed by atoms with van der Waals surface area (Å²) in [7, 11) is 5.56. The van der Waals surface area contributed by atoms with Gasteiger partial charge in [-0.2, -0.15) is 0 Å². The monoisotopic (exact) mass is 281 g/mol. The van der Waals surface area contributed by atoms with Gasteiger partial charge in [0.1, 0.15) is 5.75 Å². The Morgan fingerprint density at radius 2 is 1.71 bits per heavy atom. The first-order chi connectivity index (χ1) is 10.1. The van der Waals surface area contributed by atoms with Gasteiger partial charge < -0.3 is 9.64 Å². The smallest absolute Gasteiger partial charge is 0.185 e. The van der Waals surface area contributed by atoms with E-state index in [1.54, 1.807) is 19.3 Å². The van der Waals surface area contributed by atoms with Gasteiger partial charge in [-0.3, -0.25) is 4.79 Å². The summed E-state index contributed by atoms with van der Waals surface area (Å²) in [6.45, 7) is 0. The summed E-state index contributed by atoms with van der Waals surface area (Å²) in [6, 6.07) is 15.1. The molecule has 2 aromatic rings. The molecule has 2 aromatic carbocycles. The van der Waals surface area contributed by atoms with Crippen LogP contribution in [0.15, 0.2) is 54.6 Å². The maximum absolute atomic E-state index is 12.2.